The van der Waals surface area contributed by atoms with Crippen molar-refractivity contribution in [3.8, 4) is 0 Å². The highest BCUT2D eigenvalue weighted by molar-refractivity contribution is 6.31. The molecule has 1 aliphatic rings. The largest absolute Gasteiger partial charge is 0.357 e. The van der Waals surface area contributed by atoms with Gasteiger partial charge >= 0.3 is 0 Å². The molecule has 1 amide bonds. The summed E-state index contributed by atoms with van der Waals surface area (Å²) in [4.78, 5) is 14.1. The molecule has 1 fully saturated rings. The van der Waals surface area contributed by atoms with Crippen LogP contribution in [0.5, 0.6) is 0 Å². The summed E-state index contributed by atoms with van der Waals surface area (Å²) in [5, 5.41) is 6.80. The molecule has 0 aliphatic carbocycles. The van der Waals surface area contributed by atoms with E-state index in [0.717, 1.165) is 29.2 Å². The molecule has 1 atom stereocenters. The molecule has 0 bridgehead atoms. The smallest absolute Gasteiger partial charge is 0.242 e. The van der Waals surface area contributed by atoms with Gasteiger partial charge in [0.15, 0.2) is 0 Å². The molecule has 1 aliphatic heterocycles. The fourth-order valence-corrected chi connectivity index (χ4v) is 2.81. The van der Waals surface area contributed by atoms with Crippen LogP contribution in [0.1, 0.15) is 18.9 Å². The van der Waals surface area contributed by atoms with Crippen LogP contribution in [-0.2, 0) is 11.3 Å². The van der Waals surface area contributed by atoms with Crippen LogP contribution in [0.3, 0.4) is 0 Å². The summed E-state index contributed by atoms with van der Waals surface area (Å²) in [6.07, 6.45) is 0.789. The lowest BCUT2D eigenvalue weighted by Crippen LogP contribution is -2.55. The number of nitrogens with one attached hydrogen (secondary N) is 2. The number of hydrogen-bond acceptors (Lipinski definition) is 3. The van der Waals surface area contributed by atoms with E-state index in [4.69, 9.17) is 11.6 Å². The summed E-state index contributed by atoms with van der Waals surface area (Å²) in [7, 11) is 1.90. The standard InChI is InChI=1S/C14H20ClN3O/c1-3-12-14(19)17-7-8-18(12)13-6-4-5-11(15)10(13)9-16-2/h4-6,12,16H,3,7-9H2,1-2H3,(H,17,19). The maximum Gasteiger partial charge on any atom is 0.242 e. The fourth-order valence-electron chi connectivity index (χ4n) is 2.58. The maximum absolute atomic E-state index is 12.0. The molecule has 0 aromatic heterocycles. The van der Waals surface area contributed by atoms with Gasteiger partial charge in [0, 0.05) is 35.9 Å². The first-order valence-corrected chi connectivity index (χ1v) is 7.03. The average molecular weight is 282 g/mol. The second-order valence-corrected chi connectivity index (χ2v) is 5.08. The van der Waals surface area contributed by atoms with E-state index in [1.807, 2.05) is 32.2 Å². The summed E-state index contributed by atoms with van der Waals surface area (Å²) in [6, 6.07) is 5.77. The Bertz CT molecular complexity index is 464. The van der Waals surface area contributed by atoms with E-state index in [2.05, 4.69) is 15.5 Å². The quantitative estimate of drug-likeness (QED) is 0.884. The number of carbonyl (C=O) groups excluding carboxylic acids is 1. The van der Waals surface area contributed by atoms with Gasteiger partial charge in [-0.1, -0.05) is 24.6 Å². The monoisotopic (exact) mass is 281 g/mol. The molecule has 4 nitrogen and oxygen atoms in total. The Labute approximate surface area is 119 Å². The summed E-state index contributed by atoms with van der Waals surface area (Å²) >= 11 is 6.29. The molecule has 1 saturated heterocycles. The highest BCUT2D eigenvalue weighted by Crippen LogP contribution is 2.30. The SMILES string of the molecule is CCC1C(=O)NCCN1c1cccc(Cl)c1CNC. The number of anilines is 1. The molecule has 0 saturated carbocycles. The van der Waals surface area contributed by atoms with Crippen LogP contribution in [-0.4, -0.2) is 32.1 Å². The number of piperazine rings is 1. The van der Waals surface area contributed by atoms with Gasteiger partial charge in [-0.3, -0.25) is 4.79 Å². The van der Waals surface area contributed by atoms with Crippen molar-refractivity contribution in [2.75, 3.05) is 25.0 Å². The third-order valence-electron chi connectivity index (χ3n) is 3.47. The molecule has 1 aromatic rings. The Kier molecular flexibility index (Phi) is 4.66. The predicted molar refractivity (Wildman–Crippen MR) is 78.7 cm³/mol. The van der Waals surface area contributed by atoms with Crippen molar-refractivity contribution >= 4 is 23.2 Å². The van der Waals surface area contributed by atoms with Crippen molar-refractivity contribution in [3.63, 3.8) is 0 Å². The predicted octanol–water partition coefficient (Wildman–Crippen LogP) is 1.77. The number of rotatable bonds is 4. The molecule has 19 heavy (non-hydrogen) atoms. The fraction of sp³-hybridized carbons (Fsp3) is 0.500. The van der Waals surface area contributed by atoms with Gasteiger partial charge in [-0.15, -0.1) is 0 Å². The van der Waals surface area contributed by atoms with Crippen molar-refractivity contribution in [2.45, 2.75) is 25.9 Å². The zero-order valence-electron chi connectivity index (χ0n) is 11.4. The van der Waals surface area contributed by atoms with Crippen LogP contribution < -0.4 is 15.5 Å². The van der Waals surface area contributed by atoms with E-state index in [0.29, 0.717) is 13.1 Å². The first-order chi connectivity index (χ1) is 9.19. The number of carbonyl (C=O) groups is 1. The number of nitrogens with zero attached hydrogens (tertiary/aromatic N) is 1. The minimum Gasteiger partial charge on any atom is -0.357 e. The van der Waals surface area contributed by atoms with Crippen molar-refractivity contribution in [1.29, 1.82) is 0 Å². The second kappa shape index (κ2) is 6.26. The van der Waals surface area contributed by atoms with Gasteiger partial charge < -0.3 is 15.5 Å². The van der Waals surface area contributed by atoms with Gasteiger partial charge in [0.25, 0.3) is 0 Å². The molecular weight excluding hydrogens is 262 g/mol. The number of amides is 1. The van der Waals surface area contributed by atoms with Crippen LogP contribution in [0.2, 0.25) is 5.02 Å². The summed E-state index contributed by atoms with van der Waals surface area (Å²) in [5.74, 6) is 0.101. The molecular formula is C14H20ClN3O. The lowest BCUT2D eigenvalue weighted by Gasteiger charge is -2.37. The van der Waals surface area contributed by atoms with Gasteiger partial charge in [0.05, 0.1) is 0 Å². The molecule has 2 rings (SSSR count). The number of hydrogen-bond donors (Lipinski definition) is 2. The Balaban J connectivity index is 2.39. The van der Waals surface area contributed by atoms with Gasteiger partial charge in [-0.2, -0.15) is 0 Å². The van der Waals surface area contributed by atoms with Crippen molar-refractivity contribution in [3.05, 3.63) is 28.8 Å². The summed E-state index contributed by atoms with van der Waals surface area (Å²) in [6.45, 7) is 4.23. The highest BCUT2D eigenvalue weighted by Gasteiger charge is 2.29. The van der Waals surface area contributed by atoms with Gasteiger partial charge in [0.1, 0.15) is 6.04 Å². The lowest BCUT2D eigenvalue weighted by molar-refractivity contribution is -0.123. The molecule has 104 valence electrons. The van der Waals surface area contributed by atoms with E-state index in [-0.39, 0.29) is 11.9 Å². The zero-order valence-corrected chi connectivity index (χ0v) is 12.1. The van der Waals surface area contributed by atoms with E-state index >= 15 is 0 Å². The Hall–Kier alpha value is -1.26. The molecule has 0 spiro atoms. The van der Waals surface area contributed by atoms with E-state index < -0.39 is 0 Å². The van der Waals surface area contributed by atoms with E-state index in [1.165, 1.54) is 0 Å². The van der Waals surface area contributed by atoms with Crippen molar-refractivity contribution < 1.29 is 4.79 Å². The van der Waals surface area contributed by atoms with Gasteiger partial charge in [-0.25, -0.2) is 0 Å². The molecule has 1 heterocycles. The summed E-state index contributed by atoms with van der Waals surface area (Å²) in [5.41, 5.74) is 2.11. The minimum absolute atomic E-state index is 0.101. The number of benzene rings is 1. The Morgan fingerprint density at radius 2 is 2.32 bits per heavy atom. The first-order valence-electron chi connectivity index (χ1n) is 6.65. The van der Waals surface area contributed by atoms with Crippen LogP contribution in [0.4, 0.5) is 5.69 Å². The molecule has 1 aromatic carbocycles. The van der Waals surface area contributed by atoms with Crippen molar-refractivity contribution in [1.82, 2.24) is 10.6 Å². The number of halogens is 1. The Morgan fingerprint density at radius 3 is 3.00 bits per heavy atom. The normalized spacial score (nSPS) is 19.4. The third-order valence-corrected chi connectivity index (χ3v) is 3.83. The van der Waals surface area contributed by atoms with Crippen LogP contribution >= 0.6 is 11.6 Å². The molecule has 0 radical (unpaired) electrons. The van der Waals surface area contributed by atoms with Crippen LogP contribution in [0, 0.1) is 0 Å². The zero-order chi connectivity index (χ0) is 13.8. The van der Waals surface area contributed by atoms with Crippen molar-refractivity contribution in [2.24, 2.45) is 0 Å². The lowest BCUT2D eigenvalue weighted by atomic mass is 10.1. The molecule has 2 N–H and O–H groups in total. The first kappa shape index (κ1) is 14.2. The van der Waals surface area contributed by atoms with Crippen LogP contribution in [0.15, 0.2) is 18.2 Å². The highest BCUT2D eigenvalue weighted by atomic mass is 35.5. The topological polar surface area (TPSA) is 44.4 Å². The average Bonchev–Trinajstić information content (AvgIpc) is 2.41. The maximum atomic E-state index is 12.0. The minimum atomic E-state index is -0.108. The summed E-state index contributed by atoms with van der Waals surface area (Å²) < 4.78 is 0. The van der Waals surface area contributed by atoms with E-state index in [1.54, 1.807) is 0 Å². The molecule has 5 heteroatoms. The third kappa shape index (κ3) is 2.85. The van der Waals surface area contributed by atoms with Gasteiger partial charge in [-0.05, 0) is 25.6 Å². The molecule has 1 unspecified atom stereocenters. The van der Waals surface area contributed by atoms with Crippen LogP contribution in [0.25, 0.3) is 0 Å². The Morgan fingerprint density at radius 1 is 1.53 bits per heavy atom. The van der Waals surface area contributed by atoms with E-state index in [9.17, 15) is 4.79 Å². The van der Waals surface area contributed by atoms with Gasteiger partial charge in [0.2, 0.25) is 5.91 Å². The second-order valence-electron chi connectivity index (χ2n) is 4.68.